The molecule has 0 aliphatic heterocycles. The summed E-state index contributed by atoms with van der Waals surface area (Å²) in [4.78, 5) is 20.5. The van der Waals surface area contributed by atoms with Gasteiger partial charge in [-0.05, 0) is 12.5 Å². The third-order valence-electron chi connectivity index (χ3n) is 2.98. The summed E-state index contributed by atoms with van der Waals surface area (Å²) in [6.07, 6.45) is 5.97. The first kappa shape index (κ1) is 15.3. The smallest absolute Gasteiger partial charge is 0.253 e. The van der Waals surface area contributed by atoms with Crippen LogP contribution in [0, 0.1) is 0 Å². The van der Waals surface area contributed by atoms with E-state index in [4.69, 9.17) is 11.6 Å². The van der Waals surface area contributed by atoms with Gasteiger partial charge in [-0.15, -0.1) is 0 Å². The Labute approximate surface area is 128 Å². The van der Waals surface area contributed by atoms with Crippen molar-refractivity contribution in [2.75, 3.05) is 11.9 Å². The Morgan fingerprint density at radius 2 is 2.24 bits per heavy atom. The first-order valence-corrected chi connectivity index (χ1v) is 7.13. The highest BCUT2D eigenvalue weighted by molar-refractivity contribution is 6.33. The number of aryl methyl sites for hydroxylation is 1. The minimum atomic E-state index is -0.245. The number of amides is 1. The highest BCUT2D eigenvalue weighted by Crippen LogP contribution is 2.18. The zero-order chi connectivity index (χ0) is 15.2. The molecule has 0 radical (unpaired) electrons. The fourth-order valence-electron chi connectivity index (χ4n) is 1.78. The number of imidazole rings is 1. The van der Waals surface area contributed by atoms with E-state index >= 15 is 0 Å². The van der Waals surface area contributed by atoms with Crippen LogP contribution in [0.4, 0.5) is 5.82 Å². The Hall–Kier alpha value is -2.08. The summed E-state index contributed by atoms with van der Waals surface area (Å²) in [7, 11) is 1.88. The fourth-order valence-corrected chi connectivity index (χ4v) is 1.97. The monoisotopic (exact) mass is 307 g/mol. The van der Waals surface area contributed by atoms with Crippen LogP contribution in [0.25, 0.3) is 0 Å². The van der Waals surface area contributed by atoms with Gasteiger partial charge in [-0.25, -0.2) is 9.97 Å². The lowest BCUT2D eigenvalue weighted by Gasteiger charge is -2.09. The first-order chi connectivity index (χ1) is 10.1. The lowest BCUT2D eigenvalue weighted by molar-refractivity contribution is 0.0949. The van der Waals surface area contributed by atoms with Crippen molar-refractivity contribution in [1.82, 2.24) is 19.9 Å². The number of hydrogen-bond donors (Lipinski definition) is 2. The second-order valence-electron chi connectivity index (χ2n) is 4.61. The summed E-state index contributed by atoms with van der Waals surface area (Å²) in [5.41, 5.74) is 0.402. The van der Waals surface area contributed by atoms with Gasteiger partial charge >= 0.3 is 0 Å². The van der Waals surface area contributed by atoms with Crippen LogP contribution < -0.4 is 10.6 Å². The molecule has 0 bridgehead atoms. The second-order valence-corrected chi connectivity index (χ2v) is 5.02. The third-order valence-corrected chi connectivity index (χ3v) is 3.29. The van der Waals surface area contributed by atoms with Crippen LogP contribution in [0.5, 0.6) is 0 Å². The molecule has 112 valence electrons. The number of hydrogen-bond acceptors (Lipinski definition) is 4. The Morgan fingerprint density at radius 3 is 2.90 bits per heavy atom. The van der Waals surface area contributed by atoms with E-state index in [1.165, 1.54) is 6.20 Å². The zero-order valence-corrected chi connectivity index (χ0v) is 12.8. The van der Waals surface area contributed by atoms with Crippen molar-refractivity contribution >= 4 is 23.3 Å². The van der Waals surface area contributed by atoms with Crippen molar-refractivity contribution in [3.63, 3.8) is 0 Å². The molecule has 6 nitrogen and oxygen atoms in total. The molecule has 2 heterocycles. The molecule has 0 fully saturated rings. The Morgan fingerprint density at radius 1 is 1.43 bits per heavy atom. The van der Waals surface area contributed by atoms with Crippen molar-refractivity contribution in [1.29, 1.82) is 0 Å². The zero-order valence-electron chi connectivity index (χ0n) is 12.1. The van der Waals surface area contributed by atoms with E-state index in [1.54, 1.807) is 12.3 Å². The van der Waals surface area contributed by atoms with Gasteiger partial charge in [0.25, 0.3) is 5.91 Å². The third kappa shape index (κ3) is 3.95. The van der Waals surface area contributed by atoms with Crippen LogP contribution in [0.1, 0.15) is 29.5 Å². The lowest BCUT2D eigenvalue weighted by Crippen LogP contribution is -2.25. The molecule has 0 atom stereocenters. The van der Waals surface area contributed by atoms with Crippen molar-refractivity contribution in [2.24, 2.45) is 7.05 Å². The molecule has 7 heteroatoms. The molecule has 21 heavy (non-hydrogen) atoms. The van der Waals surface area contributed by atoms with Crippen molar-refractivity contribution in [3.05, 3.63) is 41.1 Å². The van der Waals surface area contributed by atoms with Crippen LogP contribution in [-0.2, 0) is 13.6 Å². The van der Waals surface area contributed by atoms with Crippen molar-refractivity contribution < 1.29 is 4.79 Å². The maximum absolute atomic E-state index is 12.2. The first-order valence-electron chi connectivity index (χ1n) is 6.75. The van der Waals surface area contributed by atoms with E-state index < -0.39 is 0 Å². The summed E-state index contributed by atoms with van der Waals surface area (Å²) in [5, 5.41) is 6.26. The highest BCUT2D eigenvalue weighted by atomic mass is 35.5. The Kier molecular flexibility index (Phi) is 5.16. The molecule has 2 rings (SSSR count). The molecule has 1 amide bonds. The van der Waals surface area contributed by atoms with E-state index in [1.807, 2.05) is 17.8 Å². The molecule has 2 N–H and O–H groups in total. The van der Waals surface area contributed by atoms with Crippen LogP contribution >= 0.6 is 11.6 Å². The molecular formula is C14H18ClN5O. The quantitative estimate of drug-likeness (QED) is 0.858. The maximum Gasteiger partial charge on any atom is 0.253 e. The molecule has 2 aromatic heterocycles. The predicted molar refractivity (Wildman–Crippen MR) is 82.4 cm³/mol. The molecule has 0 aliphatic rings. The number of aromatic nitrogens is 3. The largest absolute Gasteiger partial charge is 0.370 e. The highest BCUT2D eigenvalue weighted by Gasteiger charge is 2.12. The summed E-state index contributed by atoms with van der Waals surface area (Å²) in [5.74, 6) is 1.17. The van der Waals surface area contributed by atoms with Gasteiger partial charge in [0.15, 0.2) is 0 Å². The van der Waals surface area contributed by atoms with E-state index in [2.05, 4.69) is 27.5 Å². The molecular weight excluding hydrogens is 290 g/mol. The number of pyridine rings is 1. The normalized spacial score (nSPS) is 10.4. The number of nitrogens with zero attached hydrogens (tertiary/aromatic N) is 3. The van der Waals surface area contributed by atoms with Crippen molar-refractivity contribution in [3.8, 4) is 0 Å². The van der Waals surface area contributed by atoms with Crippen LogP contribution in [0.3, 0.4) is 0 Å². The topological polar surface area (TPSA) is 71.8 Å². The predicted octanol–water partition coefficient (Wildman–Crippen LogP) is 2.22. The summed E-state index contributed by atoms with van der Waals surface area (Å²) in [6, 6.07) is 1.66. The van der Waals surface area contributed by atoms with Gasteiger partial charge in [0.2, 0.25) is 0 Å². The summed E-state index contributed by atoms with van der Waals surface area (Å²) >= 11 is 6.05. The number of carbonyl (C=O) groups is 1. The number of rotatable bonds is 6. The number of carbonyl (C=O) groups excluding carboxylic acids is 1. The molecule has 0 aliphatic carbocycles. The SMILES string of the molecule is CCCNc1cc(C(=O)NCc2nccn2C)c(Cl)cn1. The molecule has 2 aromatic rings. The van der Waals surface area contributed by atoms with Gasteiger partial charge in [0, 0.05) is 32.2 Å². The fraction of sp³-hybridized carbons (Fsp3) is 0.357. The molecule has 0 spiro atoms. The standard InChI is InChI=1S/C14H18ClN5O/c1-3-4-16-12-7-10(11(15)8-18-12)14(21)19-9-13-17-5-6-20(13)2/h5-8H,3-4,9H2,1-2H3,(H,16,18)(H,19,21). The second kappa shape index (κ2) is 7.08. The minimum Gasteiger partial charge on any atom is -0.370 e. The van der Waals surface area contributed by atoms with Gasteiger partial charge in [-0.1, -0.05) is 18.5 Å². The van der Waals surface area contributed by atoms with E-state index in [0.717, 1.165) is 18.8 Å². The van der Waals surface area contributed by atoms with Gasteiger partial charge in [-0.2, -0.15) is 0 Å². The minimum absolute atomic E-state index is 0.245. The molecule has 0 aromatic carbocycles. The van der Waals surface area contributed by atoms with E-state index in [0.29, 0.717) is 22.9 Å². The Balaban J connectivity index is 2.05. The summed E-state index contributed by atoms with van der Waals surface area (Å²) in [6.45, 7) is 3.20. The summed E-state index contributed by atoms with van der Waals surface area (Å²) < 4.78 is 1.85. The van der Waals surface area contributed by atoms with Crippen molar-refractivity contribution in [2.45, 2.75) is 19.9 Å². The van der Waals surface area contributed by atoms with Crippen LogP contribution in [0.2, 0.25) is 5.02 Å². The number of halogens is 1. The lowest BCUT2D eigenvalue weighted by atomic mass is 10.2. The van der Waals surface area contributed by atoms with Crippen LogP contribution in [0.15, 0.2) is 24.7 Å². The average Bonchev–Trinajstić information content (AvgIpc) is 2.89. The Bertz CT molecular complexity index is 626. The number of nitrogens with one attached hydrogen (secondary N) is 2. The van der Waals surface area contributed by atoms with Gasteiger partial charge in [-0.3, -0.25) is 4.79 Å². The average molecular weight is 308 g/mol. The van der Waals surface area contributed by atoms with Gasteiger partial charge in [0.05, 0.1) is 17.1 Å². The van der Waals surface area contributed by atoms with E-state index in [-0.39, 0.29) is 5.91 Å². The molecule has 0 saturated heterocycles. The van der Waals surface area contributed by atoms with E-state index in [9.17, 15) is 4.79 Å². The maximum atomic E-state index is 12.2. The van der Waals surface area contributed by atoms with Gasteiger partial charge in [0.1, 0.15) is 11.6 Å². The molecule has 0 saturated carbocycles. The number of anilines is 1. The van der Waals surface area contributed by atoms with Crippen LogP contribution in [-0.4, -0.2) is 27.0 Å². The molecule has 0 unspecified atom stereocenters. The van der Waals surface area contributed by atoms with Gasteiger partial charge < -0.3 is 15.2 Å².